The Bertz CT molecular complexity index is 270. The summed E-state index contributed by atoms with van der Waals surface area (Å²) >= 11 is 5.31. The Hall–Kier alpha value is 0.140. The van der Waals surface area contributed by atoms with Crippen LogP contribution in [0, 0.1) is 5.41 Å². The summed E-state index contributed by atoms with van der Waals surface area (Å²) in [6, 6.07) is 4.32. The first kappa shape index (κ1) is 12.2. The van der Waals surface area contributed by atoms with Gasteiger partial charge in [0.2, 0.25) is 0 Å². The van der Waals surface area contributed by atoms with Crippen LogP contribution in [0.15, 0.2) is 15.9 Å². The van der Waals surface area contributed by atoms with Crippen LogP contribution in [-0.4, -0.2) is 6.54 Å². The van der Waals surface area contributed by atoms with Gasteiger partial charge in [-0.15, -0.1) is 11.3 Å². The van der Waals surface area contributed by atoms with E-state index in [1.54, 1.807) is 0 Å². The summed E-state index contributed by atoms with van der Waals surface area (Å²) < 4.78 is 1.21. The molecule has 0 fully saturated rings. The van der Waals surface area contributed by atoms with Gasteiger partial charge >= 0.3 is 0 Å². The van der Waals surface area contributed by atoms with Crippen molar-refractivity contribution in [2.75, 3.05) is 6.54 Å². The van der Waals surface area contributed by atoms with Gasteiger partial charge in [-0.05, 0) is 59.3 Å². The van der Waals surface area contributed by atoms with Crippen molar-refractivity contribution >= 4 is 27.3 Å². The SMILES string of the molecule is CCC(CC)(CN)Cc1ccc(Br)s1. The Balaban J connectivity index is 2.73. The first-order chi connectivity index (χ1) is 6.65. The minimum atomic E-state index is 0.310. The molecule has 0 aromatic carbocycles. The van der Waals surface area contributed by atoms with Gasteiger partial charge in [0.15, 0.2) is 0 Å². The van der Waals surface area contributed by atoms with Crippen LogP contribution in [0.4, 0.5) is 0 Å². The van der Waals surface area contributed by atoms with E-state index < -0.39 is 0 Å². The fraction of sp³-hybridized carbons (Fsp3) is 0.636. The van der Waals surface area contributed by atoms with Crippen molar-refractivity contribution in [2.45, 2.75) is 33.1 Å². The third kappa shape index (κ3) is 2.81. The third-order valence-corrected chi connectivity index (χ3v) is 4.73. The molecule has 0 atom stereocenters. The summed E-state index contributed by atoms with van der Waals surface area (Å²) in [6.07, 6.45) is 3.44. The predicted molar refractivity (Wildman–Crippen MR) is 67.8 cm³/mol. The molecular formula is C11H18BrNS. The highest BCUT2D eigenvalue weighted by Gasteiger charge is 2.25. The summed E-state index contributed by atoms with van der Waals surface area (Å²) in [5.41, 5.74) is 6.19. The van der Waals surface area contributed by atoms with E-state index in [-0.39, 0.29) is 0 Å². The molecule has 0 aliphatic carbocycles. The smallest absolute Gasteiger partial charge is 0.0701 e. The standard InChI is InChI=1S/C11H18BrNS/c1-3-11(4-2,8-13)7-9-5-6-10(12)14-9/h5-6H,3-4,7-8,13H2,1-2H3. The lowest BCUT2D eigenvalue weighted by Crippen LogP contribution is -2.31. The maximum Gasteiger partial charge on any atom is 0.0701 e. The molecule has 1 aromatic heterocycles. The molecule has 14 heavy (non-hydrogen) atoms. The average molecular weight is 276 g/mol. The average Bonchev–Trinajstić information content (AvgIpc) is 2.61. The minimum absolute atomic E-state index is 0.310. The normalized spacial score (nSPS) is 12.0. The van der Waals surface area contributed by atoms with E-state index in [0.29, 0.717) is 5.41 Å². The van der Waals surface area contributed by atoms with Gasteiger partial charge in [0.25, 0.3) is 0 Å². The molecule has 80 valence electrons. The van der Waals surface area contributed by atoms with Crippen molar-refractivity contribution in [1.29, 1.82) is 0 Å². The van der Waals surface area contributed by atoms with E-state index in [2.05, 4.69) is 41.9 Å². The molecule has 1 rings (SSSR count). The number of thiophene rings is 1. The molecule has 0 aliphatic rings. The first-order valence-corrected chi connectivity index (χ1v) is 6.71. The van der Waals surface area contributed by atoms with Crippen LogP contribution >= 0.6 is 27.3 Å². The van der Waals surface area contributed by atoms with Gasteiger partial charge in [-0.25, -0.2) is 0 Å². The van der Waals surface area contributed by atoms with Crippen molar-refractivity contribution < 1.29 is 0 Å². The molecule has 0 saturated heterocycles. The van der Waals surface area contributed by atoms with Crippen LogP contribution in [0.2, 0.25) is 0 Å². The molecule has 1 heterocycles. The van der Waals surface area contributed by atoms with Crippen LogP contribution in [0.25, 0.3) is 0 Å². The lowest BCUT2D eigenvalue weighted by molar-refractivity contribution is 0.273. The molecule has 0 amide bonds. The highest BCUT2D eigenvalue weighted by atomic mass is 79.9. The van der Waals surface area contributed by atoms with E-state index in [1.165, 1.54) is 8.66 Å². The molecule has 2 N–H and O–H groups in total. The van der Waals surface area contributed by atoms with Gasteiger partial charge < -0.3 is 5.73 Å². The summed E-state index contributed by atoms with van der Waals surface area (Å²) in [7, 11) is 0. The zero-order chi connectivity index (χ0) is 10.6. The molecule has 1 nitrogen and oxygen atoms in total. The molecule has 1 aromatic rings. The van der Waals surface area contributed by atoms with Gasteiger partial charge in [0.05, 0.1) is 3.79 Å². The van der Waals surface area contributed by atoms with E-state index in [0.717, 1.165) is 25.8 Å². The summed E-state index contributed by atoms with van der Waals surface area (Å²) in [5.74, 6) is 0. The second-order valence-corrected chi connectivity index (χ2v) is 6.34. The lowest BCUT2D eigenvalue weighted by atomic mass is 9.79. The zero-order valence-corrected chi connectivity index (χ0v) is 11.2. The molecule has 0 aliphatic heterocycles. The van der Waals surface area contributed by atoms with E-state index in [1.807, 2.05) is 11.3 Å². The number of rotatable bonds is 5. The predicted octanol–water partition coefficient (Wildman–Crippen LogP) is 3.82. The molecule has 3 heteroatoms. The number of hydrogen-bond acceptors (Lipinski definition) is 2. The van der Waals surface area contributed by atoms with Gasteiger partial charge in [-0.2, -0.15) is 0 Å². The Kier molecular flexibility index (Phi) is 4.61. The zero-order valence-electron chi connectivity index (χ0n) is 8.85. The topological polar surface area (TPSA) is 26.0 Å². The molecule has 0 saturated carbocycles. The van der Waals surface area contributed by atoms with E-state index in [9.17, 15) is 0 Å². The fourth-order valence-corrected chi connectivity index (χ4v) is 3.33. The Morgan fingerprint density at radius 2 is 2.00 bits per heavy atom. The fourth-order valence-electron chi connectivity index (χ4n) is 1.68. The van der Waals surface area contributed by atoms with Crippen LogP contribution in [0.1, 0.15) is 31.6 Å². The first-order valence-electron chi connectivity index (χ1n) is 5.10. The monoisotopic (exact) mass is 275 g/mol. The van der Waals surface area contributed by atoms with Crippen molar-refractivity contribution in [3.05, 3.63) is 20.8 Å². The van der Waals surface area contributed by atoms with Crippen LogP contribution in [0.5, 0.6) is 0 Å². The lowest BCUT2D eigenvalue weighted by Gasteiger charge is -2.29. The van der Waals surface area contributed by atoms with Gasteiger partial charge in [0.1, 0.15) is 0 Å². The Labute approximate surface area is 98.8 Å². The van der Waals surface area contributed by atoms with Crippen LogP contribution < -0.4 is 5.73 Å². The minimum Gasteiger partial charge on any atom is -0.330 e. The molecule has 0 bridgehead atoms. The third-order valence-electron chi connectivity index (χ3n) is 3.11. The summed E-state index contributed by atoms with van der Waals surface area (Å²) in [5, 5.41) is 0. The maximum absolute atomic E-state index is 5.88. The van der Waals surface area contributed by atoms with Crippen molar-refractivity contribution in [2.24, 2.45) is 11.1 Å². The maximum atomic E-state index is 5.88. The summed E-state index contributed by atoms with van der Waals surface area (Å²) in [6.45, 7) is 5.26. The van der Waals surface area contributed by atoms with Crippen LogP contribution in [0.3, 0.4) is 0 Å². The van der Waals surface area contributed by atoms with Gasteiger partial charge in [-0.1, -0.05) is 13.8 Å². The van der Waals surface area contributed by atoms with Crippen molar-refractivity contribution in [3.8, 4) is 0 Å². The van der Waals surface area contributed by atoms with E-state index >= 15 is 0 Å². The summed E-state index contributed by atoms with van der Waals surface area (Å²) in [4.78, 5) is 1.44. The Morgan fingerprint density at radius 1 is 1.36 bits per heavy atom. The number of hydrogen-bond donors (Lipinski definition) is 1. The molecule has 0 radical (unpaired) electrons. The molecule has 0 spiro atoms. The second-order valence-electron chi connectivity index (χ2n) is 3.79. The van der Waals surface area contributed by atoms with E-state index in [4.69, 9.17) is 5.73 Å². The van der Waals surface area contributed by atoms with Gasteiger partial charge in [-0.3, -0.25) is 0 Å². The second kappa shape index (κ2) is 5.29. The van der Waals surface area contributed by atoms with Crippen molar-refractivity contribution in [1.82, 2.24) is 0 Å². The highest BCUT2D eigenvalue weighted by molar-refractivity contribution is 9.11. The van der Waals surface area contributed by atoms with Crippen molar-refractivity contribution in [3.63, 3.8) is 0 Å². The van der Waals surface area contributed by atoms with Gasteiger partial charge in [0, 0.05) is 4.88 Å². The Morgan fingerprint density at radius 3 is 2.36 bits per heavy atom. The highest BCUT2D eigenvalue weighted by Crippen LogP contribution is 2.33. The quantitative estimate of drug-likeness (QED) is 0.869. The number of halogens is 1. The number of nitrogens with two attached hydrogens (primary N) is 1. The molecule has 0 unspecified atom stereocenters. The van der Waals surface area contributed by atoms with Crippen LogP contribution in [-0.2, 0) is 6.42 Å². The molecular weight excluding hydrogens is 258 g/mol. The largest absolute Gasteiger partial charge is 0.330 e.